The lowest BCUT2D eigenvalue weighted by molar-refractivity contribution is -0.113. The minimum absolute atomic E-state index is 0.153. The number of nitrogens with one attached hydrogen (secondary N) is 1. The zero-order valence-corrected chi connectivity index (χ0v) is 16.5. The second kappa shape index (κ2) is 7.63. The molecule has 1 amide bonds. The van der Waals surface area contributed by atoms with E-state index in [4.69, 9.17) is 11.6 Å². The molecule has 0 unspecified atom stereocenters. The first kappa shape index (κ1) is 17.9. The number of fused-ring (bicyclic) bond motifs is 1. The van der Waals surface area contributed by atoms with E-state index in [1.165, 1.54) is 23.1 Å². The Morgan fingerprint density at radius 1 is 1.22 bits per heavy atom. The quantitative estimate of drug-likeness (QED) is 0.496. The smallest absolute Gasteiger partial charge is 0.236 e. The minimum Gasteiger partial charge on any atom is -0.301 e. The van der Waals surface area contributed by atoms with Gasteiger partial charge < -0.3 is 5.32 Å². The van der Waals surface area contributed by atoms with E-state index in [2.05, 4.69) is 25.6 Å². The lowest BCUT2D eigenvalue weighted by Crippen LogP contribution is -2.14. The second-order valence-corrected chi connectivity index (χ2v) is 7.85. The Morgan fingerprint density at radius 2 is 2.04 bits per heavy atom. The average molecular weight is 417 g/mol. The molecule has 0 atom stereocenters. The molecule has 0 bridgehead atoms. The predicted octanol–water partition coefficient (Wildman–Crippen LogP) is 3.94. The van der Waals surface area contributed by atoms with E-state index >= 15 is 0 Å². The minimum atomic E-state index is -0.153. The Labute approximate surface area is 167 Å². The van der Waals surface area contributed by atoms with Gasteiger partial charge in [0.25, 0.3) is 0 Å². The third-order valence-corrected chi connectivity index (χ3v) is 5.62. The second-order valence-electron chi connectivity index (χ2n) is 5.61. The van der Waals surface area contributed by atoms with Crippen molar-refractivity contribution in [1.29, 1.82) is 0 Å². The molecule has 0 fully saturated rings. The number of rotatable bonds is 5. The molecule has 0 saturated heterocycles. The van der Waals surface area contributed by atoms with Gasteiger partial charge in [-0.25, -0.2) is 4.98 Å². The number of benzene rings is 1. The third kappa shape index (κ3) is 4.10. The zero-order chi connectivity index (χ0) is 18.8. The van der Waals surface area contributed by atoms with Gasteiger partial charge in [-0.2, -0.15) is 9.61 Å². The zero-order valence-electron chi connectivity index (χ0n) is 14.1. The molecule has 0 aliphatic rings. The van der Waals surface area contributed by atoms with E-state index in [0.29, 0.717) is 21.0 Å². The fraction of sp³-hybridized carbons (Fsp3) is 0.118. The molecule has 0 saturated carbocycles. The number of aryl methyl sites for hydroxylation is 1. The Hall–Kier alpha value is -2.49. The van der Waals surface area contributed by atoms with Crippen LogP contribution in [0, 0.1) is 6.92 Å². The van der Waals surface area contributed by atoms with Crippen molar-refractivity contribution in [2.75, 3.05) is 11.1 Å². The summed E-state index contributed by atoms with van der Waals surface area (Å²) >= 11 is 8.61. The van der Waals surface area contributed by atoms with Crippen LogP contribution in [-0.2, 0) is 4.79 Å². The largest absolute Gasteiger partial charge is 0.301 e. The van der Waals surface area contributed by atoms with Crippen molar-refractivity contribution in [3.05, 3.63) is 52.5 Å². The number of hydrogen-bond acceptors (Lipinski definition) is 7. The van der Waals surface area contributed by atoms with Gasteiger partial charge >= 0.3 is 0 Å². The summed E-state index contributed by atoms with van der Waals surface area (Å²) in [5, 5.41) is 19.3. The Balaban J connectivity index is 1.50. The molecule has 1 aromatic carbocycles. The first-order valence-electron chi connectivity index (χ1n) is 7.92. The van der Waals surface area contributed by atoms with Crippen molar-refractivity contribution >= 4 is 51.4 Å². The summed E-state index contributed by atoms with van der Waals surface area (Å²) in [5.74, 6) is 0.0340. The topological polar surface area (TPSA) is 85.1 Å². The highest BCUT2D eigenvalue weighted by Crippen LogP contribution is 2.22. The number of halogens is 1. The molecule has 10 heteroatoms. The number of thioether (sulfide) groups is 1. The predicted molar refractivity (Wildman–Crippen MR) is 107 cm³/mol. The summed E-state index contributed by atoms with van der Waals surface area (Å²) in [4.78, 5) is 16.3. The molecule has 0 spiro atoms. The number of thiazole rings is 1. The van der Waals surface area contributed by atoms with Crippen LogP contribution < -0.4 is 5.32 Å². The average Bonchev–Trinajstić information content (AvgIpc) is 3.26. The number of amides is 1. The van der Waals surface area contributed by atoms with E-state index in [1.807, 2.05) is 48.7 Å². The maximum atomic E-state index is 12.1. The van der Waals surface area contributed by atoms with Gasteiger partial charge in [0.2, 0.25) is 11.1 Å². The van der Waals surface area contributed by atoms with Crippen molar-refractivity contribution < 1.29 is 4.79 Å². The summed E-state index contributed by atoms with van der Waals surface area (Å²) in [7, 11) is 0. The maximum absolute atomic E-state index is 12.1. The number of nitrogens with zero attached hydrogens (tertiary/aromatic N) is 5. The molecule has 4 aromatic rings. The van der Waals surface area contributed by atoms with Crippen molar-refractivity contribution in [1.82, 2.24) is 24.8 Å². The number of carbonyl (C=O) groups is 1. The van der Waals surface area contributed by atoms with E-state index in [0.717, 1.165) is 17.0 Å². The number of aromatic nitrogens is 5. The van der Waals surface area contributed by atoms with Crippen molar-refractivity contribution in [2.24, 2.45) is 0 Å². The molecule has 3 aromatic heterocycles. The molecule has 0 aliphatic carbocycles. The molecule has 27 heavy (non-hydrogen) atoms. The van der Waals surface area contributed by atoms with Gasteiger partial charge in [-0.3, -0.25) is 4.79 Å². The van der Waals surface area contributed by atoms with Gasteiger partial charge in [-0.05, 0) is 31.2 Å². The van der Waals surface area contributed by atoms with Gasteiger partial charge in [-0.1, -0.05) is 35.5 Å². The molecule has 0 aliphatic heterocycles. The van der Waals surface area contributed by atoms with Crippen LogP contribution in [0.2, 0.25) is 5.02 Å². The van der Waals surface area contributed by atoms with E-state index in [9.17, 15) is 4.79 Å². The highest BCUT2D eigenvalue weighted by molar-refractivity contribution is 7.99. The third-order valence-electron chi connectivity index (χ3n) is 3.57. The van der Waals surface area contributed by atoms with E-state index in [-0.39, 0.29) is 11.7 Å². The normalized spacial score (nSPS) is 11.0. The highest BCUT2D eigenvalue weighted by atomic mass is 35.5. The molecule has 0 radical (unpaired) electrons. The summed E-state index contributed by atoms with van der Waals surface area (Å²) in [6.07, 6.45) is 0. The van der Waals surface area contributed by atoms with Gasteiger partial charge in [-0.15, -0.1) is 21.5 Å². The van der Waals surface area contributed by atoms with Crippen LogP contribution in [0.15, 0.2) is 46.9 Å². The summed E-state index contributed by atoms with van der Waals surface area (Å²) in [6, 6.07) is 11.1. The van der Waals surface area contributed by atoms with Crippen LogP contribution in [0.25, 0.3) is 16.9 Å². The van der Waals surface area contributed by atoms with Crippen LogP contribution >= 0.6 is 34.7 Å². The molecule has 7 nitrogen and oxygen atoms in total. The van der Waals surface area contributed by atoms with Gasteiger partial charge in [0, 0.05) is 16.0 Å². The van der Waals surface area contributed by atoms with Crippen LogP contribution in [0.3, 0.4) is 0 Å². The van der Waals surface area contributed by atoms with Crippen LogP contribution in [-0.4, -0.2) is 36.5 Å². The first-order chi connectivity index (χ1) is 13.1. The SMILES string of the molecule is Cc1csc(NC(=O)CSc2nnc3ccc(-c4ccc(Cl)cc4)nn23)n1. The van der Waals surface area contributed by atoms with Crippen molar-refractivity contribution in [2.45, 2.75) is 12.1 Å². The number of anilines is 1. The Bertz CT molecular complexity index is 1110. The van der Waals surface area contributed by atoms with Gasteiger partial charge in [0.1, 0.15) is 0 Å². The Kier molecular flexibility index (Phi) is 5.06. The molecule has 4 rings (SSSR count). The molecule has 136 valence electrons. The van der Waals surface area contributed by atoms with E-state index in [1.54, 1.807) is 4.52 Å². The summed E-state index contributed by atoms with van der Waals surface area (Å²) < 4.78 is 1.63. The van der Waals surface area contributed by atoms with Crippen molar-refractivity contribution in [3.8, 4) is 11.3 Å². The highest BCUT2D eigenvalue weighted by Gasteiger charge is 2.12. The molecule has 1 N–H and O–H groups in total. The summed E-state index contributed by atoms with van der Waals surface area (Å²) in [5.41, 5.74) is 3.20. The number of hydrogen-bond donors (Lipinski definition) is 1. The summed E-state index contributed by atoms with van der Waals surface area (Å²) in [6.45, 7) is 1.88. The first-order valence-corrected chi connectivity index (χ1v) is 10.2. The fourth-order valence-corrected chi connectivity index (χ4v) is 3.85. The lowest BCUT2D eigenvalue weighted by Gasteiger charge is -2.03. The van der Waals surface area contributed by atoms with Crippen LogP contribution in [0.1, 0.15) is 5.69 Å². The molecule has 3 heterocycles. The standard InChI is InChI=1S/C17H13ClN6OS2/c1-10-8-26-16(19-10)20-15(25)9-27-17-22-21-14-7-6-13(23-24(14)17)11-2-4-12(18)5-3-11/h2-8H,9H2,1H3,(H,19,20,25). The monoisotopic (exact) mass is 416 g/mol. The fourth-order valence-electron chi connectivity index (χ4n) is 2.33. The maximum Gasteiger partial charge on any atom is 0.236 e. The van der Waals surface area contributed by atoms with E-state index < -0.39 is 0 Å². The number of carbonyl (C=O) groups excluding carboxylic acids is 1. The molecular weight excluding hydrogens is 404 g/mol. The van der Waals surface area contributed by atoms with Crippen molar-refractivity contribution in [3.63, 3.8) is 0 Å². The van der Waals surface area contributed by atoms with Crippen LogP contribution in [0.4, 0.5) is 5.13 Å². The lowest BCUT2D eigenvalue weighted by atomic mass is 10.1. The van der Waals surface area contributed by atoms with Gasteiger partial charge in [0.15, 0.2) is 10.8 Å². The van der Waals surface area contributed by atoms with Crippen LogP contribution in [0.5, 0.6) is 0 Å². The van der Waals surface area contributed by atoms with Gasteiger partial charge in [0.05, 0.1) is 17.1 Å². The molecular formula is C17H13ClN6OS2. The Morgan fingerprint density at radius 3 is 2.78 bits per heavy atom.